The van der Waals surface area contributed by atoms with Gasteiger partial charge in [-0.25, -0.2) is 9.97 Å². The van der Waals surface area contributed by atoms with Gasteiger partial charge in [-0.3, -0.25) is 4.40 Å². The molecule has 0 spiro atoms. The number of aromatic nitrogens is 4. The lowest BCUT2D eigenvalue weighted by molar-refractivity contribution is 0.479. The van der Waals surface area contributed by atoms with Crippen LogP contribution in [0, 0.1) is 0 Å². The van der Waals surface area contributed by atoms with E-state index in [2.05, 4.69) is 41.6 Å². The fourth-order valence-corrected chi connectivity index (χ4v) is 4.29. The van der Waals surface area contributed by atoms with Gasteiger partial charge in [-0.05, 0) is 31.4 Å². The highest BCUT2D eigenvalue weighted by Crippen LogP contribution is 2.35. The van der Waals surface area contributed by atoms with E-state index in [1.165, 1.54) is 0 Å². The summed E-state index contributed by atoms with van der Waals surface area (Å²) in [5.74, 6) is 1.10. The van der Waals surface area contributed by atoms with Gasteiger partial charge in [0.15, 0.2) is 11.5 Å². The number of para-hydroxylation sites is 1. The molecule has 29 heavy (non-hydrogen) atoms. The summed E-state index contributed by atoms with van der Waals surface area (Å²) in [5, 5.41) is 8.77. The van der Waals surface area contributed by atoms with Crippen LogP contribution >= 0.6 is 11.6 Å². The van der Waals surface area contributed by atoms with Crippen LogP contribution < -0.4 is 10.6 Å². The summed E-state index contributed by atoms with van der Waals surface area (Å²) in [6, 6.07) is 8.54. The molecule has 1 saturated heterocycles. The van der Waals surface area contributed by atoms with Crippen molar-refractivity contribution in [1.82, 2.24) is 24.7 Å². The zero-order valence-electron chi connectivity index (χ0n) is 16.7. The smallest absolute Gasteiger partial charge is 0.181 e. The zero-order valence-corrected chi connectivity index (χ0v) is 17.4. The van der Waals surface area contributed by atoms with Gasteiger partial charge in [0.2, 0.25) is 0 Å². The Labute approximate surface area is 174 Å². The maximum atomic E-state index is 6.87. The van der Waals surface area contributed by atoms with Crippen molar-refractivity contribution >= 4 is 34.0 Å². The Kier molecular flexibility index (Phi) is 4.68. The third-order valence-corrected chi connectivity index (χ3v) is 6.00. The zero-order chi connectivity index (χ0) is 20.0. The topological polar surface area (TPSA) is 70.0 Å². The third-order valence-electron chi connectivity index (χ3n) is 5.64. The Bertz CT molecular complexity index is 1170. The molecule has 0 bridgehead atoms. The monoisotopic (exact) mass is 408 g/mol. The van der Waals surface area contributed by atoms with E-state index in [1.807, 2.05) is 28.9 Å². The third kappa shape index (κ3) is 3.26. The predicted octanol–water partition coefficient (Wildman–Crippen LogP) is 4.82. The first-order chi connectivity index (χ1) is 14.1. The molecule has 4 heterocycles. The highest BCUT2D eigenvalue weighted by Gasteiger charge is 2.22. The van der Waals surface area contributed by atoms with Gasteiger partial charge in [-0.2, -0.15) is 0 Å². The largest absolute Gasteiger partial charge is 0.363 e. The number of hydrogen-bond acceptors (Lipinski definition) is 4. The summed E-state index contributed by atoms with van der Waals surface area (Å²) >= 11 is 6.87. The molecule has 0 radical (unpaired) electrons. The minimum absolute atomic E-state index is 0.312. The molecule has 0 unspecified atom stereocenters. The molecule has 3 N–H and O–H groups in total. The number of benzene rings is 1. The number of rotatable bonds is 4. The fraction of sp³-hybridized carbons (Fsp3) is 0.364. The van der Waals surface area contributed by atoms with E-state index >= 15 is 0 Å². The number of H-pyrrole nitrogens is 1. The number of halogens is 1. The van der Waals surface area contributed by atoms with Crippen molar-refractivity contribution in [2.24, 2.45) is 0 Å². The second-order valence-electron chi connectivity index (χ2n) is 8.05. The van der Waals surface area contributed by atoms with Crippen molar-refractivity contribution in [1.29, 1.82) is 0 Å². The van der Waals surface area contributed by atoms with E-state index in [9.17, 15) is 0 Å². The summed E-state index contributed by atoms with van der Waals surface area (Å²) in [7, 11) is 0. The van der Waals surface area contributed by atoms with Crippen molar-refractivity contribution in [2.45, 2.75) is 38.6 Å². The summed E-state index contributed by atoms with van der Waals surface area (Å²) in [6.45, 7) is 6.28. The van der Waals surface area contributed by atoms with E-state index in [1.54, 1.807) is 0 Å². The molecule has 1 aromatic carbocycles. The molecule has 1 aliphatic heterocycles. The van der Waals surface area contributed by atoms with Gasteiger partial charge in [0, 0.05) is 41.4 Å². The average Bonchev–Trinajstić information content (AvgIpc) is 3.36. The highest BCUT2D eigenvalue weighted by atomic mass is 35.5. The van der Waals surface area contributed by atoms with Crippen LogP contribution in [0.2, 0.25) is 5.15 Å². The summed E-state index contributed by atoms with van der Waals surface area (Å²) in [5.41, 5.74) is 4.62. The van der Waals surface area contributed by atoms with Crippen molar-refractivity contribution in [3.05, 3.63) is 47.5 Å². The first-order valence-electron chi connectivity index (χ1n) is 10.2. The molecule has 0 amide bonds. The quantitative estimate of drug-likeness (QED) is 0.453. The maximum Gasteiger partial charge on any atom is 0.181 e. The van der Waals surface area contributed by atoms with Crippen molar-refractivity contribution in [3.63, 3.8) is 0 Å². The lowest BCUT2D eigenvalue weighted by Crippen LogP contribution is -2.38. The van der Waals surface area contributed by atoms with Gasteiger partial charge in [0.05, 0.1) is 5.69 Å². The molecule has 1 atom stereocenters. The van der Waals surface area contributed by atoms with Gasteiger partial charge in [0.25, 0.3) is 0 Å². The lowest BCUT2D eigenvalue weighted by Gasteiger charge is -2.24. The van der Waals surface area contributed by atoms with Crippen LogP contribution in [0.25, 0.3) is 27.8 Å². The van der Waals surface area contributed by atoms with Crippen molar-refractivity contribution in [2.75, 3.05) is 18.4 Å². The van der Waals surface area contributed by atoms with Crippen LogP contribution in [-0.2, 0) is 0 Å². The number of fused-ring (bicyclic) bond motifs is 2. The number of nitrogens with one attached hydrogen (secondary N) is 3. The Morgan fingerprint density at radius 3 is 2.90 bits per heavy atom. The number of hydrogen-bond donors (Lipinski definition) is 3. The number of piperidine rings is 1. The second-order valence-corrected chi connectivity index (χ2v) is 8.41. The van der Waals surface area contributed by atoms with Gasteiger partial charge in [0.1, 0.15) is 10.8 Å². The van der Waals surface area contributed by atoms with Gasteiger partial charge in [-0.1, -0.05) is 43.6 Å². The first kappa shape index (κ1) is 18.5. The molecule has 1 fully saturated rings. The number of imidazole rings is 1. The first-order valence-corrected chi connectivity index (χ1v) is 10.6. The van der Waals surface area contributed by atoms with Crippen LogP contribution in [-0.4, -0.2) is 38.5 Å². The molecule has 0 saturated carbocycles. The highest BCUT2D eigenvalue weighted by molar-refractivity contribution is 6.32. The Morgan fingerprint density at radius 1 is 1.24 bits per heavy atom. The van der Waals surface area contributed by atoms with Crippen molar-refractivity contribution in [3.8, 4) is 11.3 Å². The number of nitrogens with zero attached hydrogens (tertiary/aromatic N) is 3. The second kappa shape index (κ2) is 7.35. The van der Waals surface area contributed by atoms with Crippen LogP contribution in [0.15, 0.2) is 36.7 Å². The van der Waals surface area contributed by atoms with Gasteiger partial charge in [-0.15, -0.1) is 0 Å². The molecule has 5 rings (SSSR count). The molecule has 6 nitrogen and oxygen atoms in total. The Hall–Kier alpha value is -2.57. The summed E-state index contributed by atoms with van der Waals surface area (Å²) < 4.78 is 1.97. The maximum absolute atomic E-state index is 6.87. The van der Waals surface area contributed by atoms with E-state index in [0.29, 0.717) is 17.1 Å². The fourth-order valence-electron chi connectivity index (χ4n) is 4.02. The normalized spacial score (nSPS) is 17.4. The molecular weight excluding hydrogens is 384 g/mol. The number of anilines is 1. The van der Waals surface area contributed by atoms with Crippen LogP contribution in [0.3, 0.4) is 0 Å². The van der Waals surface area contributed by atoms with Crippen LogP contribution in [0.5, 0.6) is 0 Å². The van der Waals surface area contributed by atoms with E-state index in [0.717, 1.165) is 65.3 Å². The van der Waals surface area contributed by atoms with Gasteiger partial charge < -0.3 is 15.6 Å². The minimum atomic E-state index is 0.312. The Balaban J connectivity index is 1.70. The lowest BCUT2D eigenvalue weighted by atomic mass is 10.1. The predicted molar refractivity (Wildman–Crippen MR) is 119 cm³/mol. The molecule has 4 aromatic rings. The average molecular weight is 409 g/mol. The van der Waals surface area contributed by atoms with E-state index in [4.69, 9.17) is 21.6 Å². The molecule has 1 aliphatic rings. The standard InChI is InChI=1S/C22H25ClN6/c1-13(2)18-12-29-20(23)19(16-11-25-17-8-4-3-7-15(16)17)28-21(22(29)27-18)26-14-6-5-9-24-10-14/h3-4,7-8,11-14,24-25H,5-6,9-10H2,1-2H3,(H,26,28)/t14-/m0/s1. The van der Waals surface area contributed by atoms with Crippen LogP contribution in [0.1, 0.15) is 38.3 Å². The minimum Gasteiger partial charge on any atom is -0.363 e. The number of aromatic amines is 1. The molecule has 0 aliphatic carbocycles. The van der Waals surface area contributed by atoms with E-state index in [-0.39, 0.29) is 0 Å². The molecular formula is C22H25ClN6. The SMILES string of the molecule is CC(C)c1cn2c(Cl)c(-c3c[nH]c4ccccc34)nc(N[C@H]3CCCNC3)c2n1. The van der Waals surface area contributed by atoms with Crippen LogP contribution in [0.4, 0.5) is 5.82 Å². The molecule has 150 valence electrons. The van der Waals surface area contributed by atoms with Gasteiger partial charge >= 0.3 is 0 Å². The Morgan fingerprint density at radius 2 is 2.10 bits per heavy atom. The summed E-state index contributed by atoms with van der Waals surface area (Å²) in [4.78, 5) is 13.2. The summed E-state index contributed by atoms with van der Waals surface area (Å²) in [6.07, 6.45) is 6.29. The van der Waals surface area contributed by atoms with Crippen molar-refractivity contribution < 1.29 is 0 Å². The molecule has 3 aromatic heterocycles. The van der Waals surface area contributed by atoms with E-state index < -0.39 is 0 Å². The molecule has 7 heteroatoms.